The van der Waals surface area contributed by atoms with Crippen LogP contribution in [0.3, 0.4) is 0 Å². The highest BCUT2D eigenvalue weighted by atomic mass is 35.5. The van der Waals surface area contributed by atoms with Gasteiger partial charge in [-0.15, -0.1) is 0 Å². The first-order valence-corrected chi connectivity index (χ1v) is 8.85. The topological polar surface area (TPSA) is 41.9 Å². The molecule has 2 N–H and O–H groups in total. The first kappa shape index (κ1) is 18.0. The highest BCUT2D eigenvalue weighted by molar-refractivity contribution is 7.80. The molecule has 0 saturated carbocycles. The summed E-state index contributed by atoms with van der Waals surface area (Å²) in [4.78, 5) is 0. The van der Waals surface area contributed by atoms with Crippen LogP contribution in [-0.2, 0) is 6.54 Å². The molecular weight excluding hydrogens is 399 g/mol. The van der Waals surface area contributed by atoms with Crippen LogP contribution in [0.2, 0.25) is 15.1 Å². The lowest BCUT2D eigenvalue weighted by atomic mass is 10.2. The predicted octanol–water partition coefficient (Wildman–Crippen LogP) is 5.70. The molecule has 0 saturated heterocycles. The Morgan fingerprint density at radius 2 is 1.76 bits per heavy atom. The molecule has 1 heterocycles. The second-order valence-corrected chi connectivity index (χ2v) is 6.93. The molecular formula is C17H13Cl3N4S. The molecule has 0 radical (unpaired) electrons. The third kappa shape index (κ3) is 5.09. The number of nitrogens with zero attached hydrogens (tertiary/aromatic N) is 2. The normalized spacial score (nSPS) is 10.5. The van der Waals surface area contributed by atoms with Gasteiger partial charge >= 0.3 is 0 Å². The molecule has 2 aromatic carbocycles. The van der Waals surface area contributed by atoms with Gasteiger partial charge in [0.15, 0.2) is 10.9 Å². The van der Waals surface area contributed by atoms with Crippen molar-refractivity contribution in [2.45, 2.75) is 6.54 Å². The van der Waals surface area contributed by atoms with E-state index in [0.29, 0.717) is 32.5 Å². The third-order valence-corrected chi connectivity index (χ3v) is 4.26. The molecule has 0 unspecified atom stereocenters. The Hall–Kier alpha value is -1.79. The zero-order valence-electron chi connectivity index (χ0n) is 12.8. The molecule has 0 bridgehead atoms. The van der Waals surface area contributed by atoms with Crippen molar-refractivity contribution in [3.8, 4) is 0 Å². The van der Waals surface area contributed by atoms with Crippen molar-refractivity contribution in [2.75, 3.05) is 10.6 Å². The van der Waals surface area contributed by atoms with Crippen LogP contribution in [-0.4, -0.2) is 14.9 Å². The van der Waals surface area contributed by atoms with Gasteiger partial charge in [0.25, 0.3) is 0 Å². The van der Waals surface area contributed by atoms with Gasteiger partial charge in [0, 0.05) is 21.9 Å². The van der Waals surface area contributed by atoms with Crippen LogP contribution in [0.25, 0.3) is 0 Å². The summed E-state index contributed by atoms with van der Waals surface area (Å²) in [6.45, 7) is 0.576. The second-order valence-electron chi connectivity index (χ2n) is 5.24. The molecule has 0 atom stereocenters. The zero-order valence-corrected chi connectivity index (χ0v) is 15.9. The monoisotopic (exact) mass is 410 g/mol. The van der Waals surface area contributed by atoms with E-state index in [1.165, 1.54) is 0 Å². The summed E-state index contributed by atoms with van der Waals surface area (Å²) in [6, 6.07) is 14.8. The fraction of sp³-hybridized carbons (Fsp3) is 0.0588. The van der Waals surface area contributed by atoms with Crippen LogP contribution >= 0.6 is 47.0 Å². The summed E-state index contributed by atoms with van der Waals surface area (Å²) in [6.07, 6.45) is 1.74. The minimum Gasteiger partial charge on any atom is -0.332 e. The van der Waals surface area contributed by atoms with Gasteiger partial charge in [0.1, 0.15) is 5.02 Å². The van der Waals surface area contributed by atoms with Gasteiger partial charge in [-0.2, -0.15) is 5.10 Å². The standard InChI is InChI=1S/C17H13Cl3N4S/c18-12-6-4-11(5-7-12)9-24-10-15(20)16(23-24)22-17(25)21-14-3-1-2-13(19)8-14/h1-8,10H,9H2,(H2,21,22,23,25). The molecule has 3 aromatic rings. The number of rotatable bonds is 4. The van der Waals surface area contributed by atoms with Crippen molar-refractivity contribution in [1.82, 2.24) is 9.78 Å². The van der Waals surface area contributed by atoms with Gasteiger partial charge in [-0.05, 0) is 48.1 Å². The molecule has 8 heteroatoms. The van der Waals surface area contributed by atoms with E-state index >= 15 is 0 Å². The smallest absolute Gasteiger partial charge is 0.176 e. The van der Waals surface area contributed by atoms with Crippen molar-refractivity contribution in [2.24, 2.45) is 0 Å². The lowest BCUT2D eigenvalue weighted by molar-refractivity contribution is 0.690. The molecule has 0 spiro atoms. The van der Waals surface area contributed by atoms with Crippen LogP contribution in [0.4, 0.5) is 11.5 Å². The summed E-state index contributed by atoms with van der Waals surface area (Å²) in [5.41, 5.74) is 1.84. The molecule has 0 aliphatic carbocycles. The summed E-state index contributed by atoms with van der Waals surface area (Å²) in [5.74, 6) is 0.482. The van der Waals surface area contributed by atoms with Crippen molar-refractivity contribution in [1.29, 1.82) is 0 Å². The van der Waals surface area contributed by atoms with Gasteiger partial charge in [-0.1, -0.05) is 53.0 Å². The van der Waals surface area contributed by atoms with Crippen LogP contribution in [0.5, 0.6) is 0 Å². The van der Waals surface area contributed by atoms with E-state index in [4.69, 9.17) is 47.0 Å². The molecule has 1 aromatic heterocycles. The van der Waals surface area contributed by atoms with Crippen molar-refractivity contribution < 1.29 is 0 Å². The summed E-state index contributed by atoms with van der Waals surface area (Å²) >= 11 is 23.4. The van der Waals surface area contributed by atoms with Crippen LogP contribution in [0, 0.1) is 0 Å². The Morgan fingerprint density at radius 1 is 1.00 bits per heavy atom. The minimum absolute atomic E-state index is 0.376. The minimum atomic E-state index is 0.376. The molecule has 0 fully saturated rings. The van der Waals surface area contributed by atoms with E-state index in [-0.39, 0.29) is 0 Å². The number of aromatic nitrogens is 2. The molecule has 4 nitrogen and oxygen atoms in total. The number of benzene rings is 2. The molecule has 0 amide bonds. The Labute approximate surface area is 165 Å². The first-order valence-electron chi connectivity index (χ1n) is 7.30. The lowest BCUT2D eigenvalue weighted by Gasteiger charge is -2.09. The van der Waals surface area contributed by atoms with E-state index < -0.39 is 0 Å². The van der Waals surface area contributed by atoms with E-state index in [2.05, 4.69) is 15.7 Å². The van der Waals surface area contributed by atoms with Gasteiger partial charge < -0.3 is 10.6 Å². The summed E-state index contributed by atoms with van der Waals surface area (Å²) in [7, 11) is 0. The number of thiocarbonyl (C=S) groups is 1. The maximum atomic E-state index is 6.23. The number of anilines is 2. The predicted molar refractivity (Wildman–Crippen MR) is 109 cm³/mol. The average Bonchev–Trinajstić information content (AvgIpc) is 2.89. The highest BCUT2D eigenvalue weighted by Gasteiger charge is 2.09. The fourth-order valence-corrected chi connectivity index (χ4v) is 2.90. The van der Waals surface area contributed by atoms with E-state index in [1.807, 2.05) is 36.4 Å². The van der Waals surface area contributed by atoms with Crippen LogP contribution in [0.1, 0.15) is 5.56 Å². The molecule has 0 aliphatic rings. The zero-order chi connectivity index (χ0) is 17.8. The Kier molecular flexibility index (Phi) is 5.81. The second kappa shape index (κ2) is 8.06. The van der Waals surface area contributed by atoms with Crippen molar-refractivity contribution in [3.05, 3.63) is 75.4 Å². The Morgan fingerprint density at radius 3 is 2.48 bits per heavy atom. The quantitative estimate of drug-likeness (QED) is 0.540. The van der Waals surface area contributed by atoms with Gasteiger partial charge in [-0.25, -0.2) is 0 Å². The van der Waals surface area contributed by atoms with E-state index in [9.17, 15) is 0 Å². The number of halogens is 3. The van der Waals surface area contributed by atoms with Gasteiger partial charge in [0.2, 0.25) is 0 Å². The summed E-state index contributed by atoms with van der Waals surface area (Å²) < 4.78 is 1.73. The average molecular weight is 412 g/mol. The van der Waals surface area contributed by atoms with Crippen molar-refractivity contribution >= 4 is 63.6 Å². The Bertz CT molecular complexity index is 893. The largest absolute Gasteiger partial charge is 0.332 e. The maximum absolute atomic E-state index is 6.23. The molecule has 128 valence electrons. The van der Waals surface area contributed by atoms with Crippen LogP contribution < -0.4 is 10.6 Å². The third-order valence-electron chi connectivity index (χ3n) is 3.29. The lowest BCUT2D eigenvalue weighted by Crippen LogP contribution is -2.19. The van der Waals surface area contributed by atoms with Gasteiger partial charge in [-0.3, -0.25) is 4.68 Å². The van der Waals surface area contributed by atoms with E-state index in [1.54, 1.807) is 23.0 Å². The highest BCUT2D eigenvalue weighted by Crippen LogP contribution is 2.21. The fourth-order valence-electron chi connectivity index (χ4n) is 2.18. The first-order chi connectivity index (χ1) is 12.0. The number of hydrogen-bond donors (Lipinski definition) is 2. The maximum Gasteiger partial charge on any atom is 0.176 e. The molecule has 0 aliphatic heterocycles. The molecule has 25 heavy (non-hydrogen) atoms. The SMILES string of the molecule is S=C(Nc1cccc(Cl)c1)Nc1nn(Cc2ccc(Cl)cc2)cc1Cl. The molecule has 3 rings (SSSR count). The number of nitrogens with one attached hydrogen (secondary N) is 2. The van der Waals surface area contributed by atoms with Crippen LogP contribution in [0.15, 0.2) is 54.7 Å². The number of hydrogen-bond acceptors (Lipinski definition) is 2. The van der Waals surface area contributed by atoms with Gasteiger partial charge in [0.05, 0.1) is 6.54 Å². The Balaban J connectivity index is 1.65. The van der Waals surface area contributed by atoms with Crippen molar-refractivity contribution in [3.63, 3.8) is 0 Å². The summed E-state index contributed by atoms with van der Waals surface area (Å²) in [5, 5.41) is 12.6. The van der Waals surface area contributed by atoms with E-state index in [0.717, 1.165) is 11.3 Å².